The first-order chi connectivity index (χ1) is 8.58. The minimum absolute atomic E-state index is 0.0533. The fourth-order valence-electron chi connectivity index (χ4n) is 1.48. The van der Waals surface area contributed by atoms with Crippen LogP contribution in [0.4, 0.5) is 11.4 Å². The highest BCUT2D eigenvalue weighted by Gasteiger charge is 2.16. The predicted molar refractivity (Wildman–Crippen MR) is 73.9 cm³/mol. The van der Waals surface area contributed by atoms with E-state index in [0.717, 1.165) is 11.5 Å². The van der Waals surface area contributed by atoms with Gasteiger partial charge in [0, 0.05) is 17.9 Å². The lowest BCUT2D eigenvalue weighted by Crippen LogP contribution is -2.18. The Morgan fingerprint density at radius 1 is 1.61 bits per heavy atom. The van der Waals surface area contributed by atoms with Gasteiger partial charge in [-0.05, 0) is 24.8 Å². The molecule has 1 rings (SSSR count). The van der Waals surface area contributed by atoms with Crippen LogP contribution in [0.3, 0.4) is 0 Å². The van der Waals surface area contributed by atoms with E-state index < -0.39 is 4.92 Å². The van der Waals surface area contributed by atoms with Gasteiger partial charge < -0.3 is 5.32 Å². The van der Waals surface area contributed by atoms with Gasteiger partial charge >= 0.3 is 0 Å². The van der Waals surface area contributed by atoms with Gasteiger partial charge in [-0.1, -0.05) is 6.92 Å². The van der Waals surface area contributed by atoms with Crippen molar-refractivity contribution < 1.29 is 4.92 Å². The zero-order valence-corrected chi connectivity index (χ0v) is 11.2. The van der Waals surface area contributed by atoms with Crippen molar-refractivity contribution in [2.75, 3.05) is 16.8 Å². The summed E-state index contributed by atoms with van der Waals surface area (Å²) in [5.74, 6) is 1.90. The van der Waals surface area contributed by atoms with Crippen LogP contribution in [0.1, 0.15) is 19.4 Å². The van der Waals surface area contributed by atoms with E-state index >= 15 is 0 Å². The molecule has 18 heavy (non-hydrogen) atoms. The van der Waals surface area contributed by atoms with Gasteiger partial charge in [0.15, 0.2) is 0 Å². The van der Waals surface area contributed by atoms with E-state index in [1.165, 1.54) is 6.07 Å². The number of nitrogens with one attached hydrogen (secondary N) is 1. The number of thioether (sulfide) groups is 1. The van der Waals surface area contributed by atoms with Gasteiger partial charge in [0.25, 0.3) is 5.69 Å². The first-order valence-electron chi connectivity index (χ1n) is 5.61. The van der Waals surface area contributed by atoms with Gasteiger partial charge in [-0.25, -0.2) is 0 Å². The van der Waals surface area contributed by atoms with Crippen LogP contribution in [0.5, 0.6) is 0 Å². The van der Waals surface area contributed by atoms with Crippen LogP contribution in [0.15, 0.2) is 18.2 Å². The highest BCUT2D eigenvalue weighted by molar-refractivity contribution is 7.99. The molecule has 0 bridgehead atoms. The summed E-state index contributed by atoms with van der Waals surface area (Å²) < 4.78 is 0. The van der Waals surface area contributed by atoms with Gasteiger partial charge in [0.2, 0.25) is 0 Å². The second-order valence-electron chi connectivity index (χ2n) is 3.81. The number of nitro groups is 1. The largest absolute Gasteiger partial charge is 0.376 e. The van der Waals surface area contributed by atoms with E-state index in [2.05, 4.69) is 12.2 Å². The molecule has 0 aliphatic heterocycles. The number of hydrogen-bond acceptors (Lipinski definition) is 5. The van der Waals surface area contributed by atoms with Gasteiger partial charge in [0.1, 0.15) is 5.69 Å². The summed E-state index contributed by atoms with van der Waals surface area (Å²) in [6.45, 7) is 4.05. The number of nitrogens with zero attached hydrogens (tertiary/aromatic N) is 2. The Balaban J connectivity index is 2.88. The summed E-state index contributed by atoms with van der Waals surface area (Å²) in [5, 5.41) is 22.8. The van der Waals surface area contributed by atoms with Crippen LogP contribution < -0.4 is 5.32 Å². The molecule has 0 amide bonds. The average Bonchev–Trinajstić information content (AvgIpc) is 2.36. The summed E-state index contributed by atoms with van der Waals surface area (Å²) in [4.78, 5) is 10.5. The Morgan fingerprint density at radius 3 is 2.89 bits per heavy atom. The van der Waals surface area contributed by atoms with E-state index in [4.69, 9.17) is 5.26 Å². The van der Waals surface area contributed by atoms with Crippen molar-refractivity contribution >= 4 is 23.1 Å². The third kappa shape index (κ3) is 3.93. The molecule has 5 nitrogen and oxygen atoms in total. The van der Waals surface area contributed by atoms with Crippen LogP contribution in [-0.2, 0) is 0 Å². The second-order valence-corrected chi connectivity index (χ2v) is 5.12. The topological polar surface area (TPSA) is 79.0 Å². The Hall–Kier alpha value is -1.74. The lowest BCUT2D eigenvalue weighted by Gasteiger charge is -2.14. The number of rotatable bonds is 6. The highest BCUT2D eigenvalue weighted by atomic mass is 32.2. The van der Waals surface area contributed by atoms with Crippen molar-refractivity contribution in [3.63, 3.8) is 0 Å². The maximum absolute atomic E-state index is 10.9. The maximum Gasteiger partial charge on any atom is 0.293 e. The number of nitriles is 1. The summed E-state index contributed by atoms with van der Waals surface area (Å²) >= 11 is 1.77. The molecule has 0 radical (unpaired) electrons. The van der Waals surface area contributed by atoms with Gasteiger partial charge in [-0.3, -0.25) is 10.1 Å². The first kappa shape index (κ1) is 14.3. The van der Waals surface area contributed by atoms with E-state index in [0.29, 0.717) is 11.3 Å². The molecule has 1 aromatic carbocycles. The van der Waals surface area contributed by atoms with Crippen LogP contribution in [0.25, 0.3) is 0 Å². The Morgan fingerprint density at radius 2 is 2.33 bits per heavy atom. The monoisotopic (exact) mass is 265 g/mol. The molecule has 1 atom stereocenters. The maximum atomic E-state index is 10.9. The molecule has 0 saturated heterocycles. The lowest BCUT2D eigenvalue weighted by atomic mass is 10.2. The number of benzene rings is 1. The Labute approximate surface area is 110 Å². The molecule has 0 aliphatic rings. The Bertz CT molecular complexity index is 471. The van der Waals surface area contributed by atoms with Crippen molar-refractivity contribution in [1.82, 2.24) is 0 Å². The molecule has 1 N–H and O–H groups in total. The standard InChI is InChI=1S/C12H15N3O2S/c1-3-18-8-9(2)14-11-5-4-10(7-13)6-12(11)15(16)17/h4-6,9,14H,3,8H2,1-2H3. The summed E-state index contributed by atoms with van der Waals surface area (Å²) in [5.41, 5.74) is 0.702. The first-order valence-corrected chi connectivity index (χ1v) is 6.76. The molecule has 0 saturated carbocycles. The molecule has 1 aromatic rings. The fraction of sp³-hybridized carbons (Fsp3) is 0.417. The lowest BCUT2D eigenvalue weighted by molar-refractivity contribution is -0.384. The van der Waals surface area contributed by atoms with Crippen molar-refractivity contribution in [3.8, 4) is 6.07 Å². The molecule has 1 unspecified atom stereocenters. The van der Waals surface area contributed by atoms with Gasteiger partial charge in [-0.15, -0.1) is 0 Å². The molecular weight excluding hydrogens is 250 g/mol. The smallest absolute Gasteiger partial charge is 0.293 e. The van der Waals surface area contributed by atoms with Crippen LogP contribution in [-0.4, -0.2) is 22.5 Å². The Kier molecular flexibility index (Phi) is 5.46. The van der Waals surface area contributed by atoms with Gasteiger partial charge in [-0.2, -0.15) is 17.0 Å². The minimum Gasteiger partial charge on any atom is -0.376 e. The zero-order chi connectivity index (χ0) is 13.5. The number of anilines is 1. The summed E-state index contributed by atoms with van der Waals surface area (Å²) in [7, 11) is 0. The SMILES string of the molecule is CCSCC(C)Nc1ccc(C#N)cc1[N+](=O)[O-]. The fourth-order valence-corrected chi connectivity index (χ4v) is 2.15. The predicted octanol–water partition coefficient (Wildman–Crippen LogP) is 3.02. The van der Waals surface area contributed by atoms with E-state index in [1.54, 1.807) is 23.9 Å². The van der Waals surface area contributed by atoms with Crippen LogP contribution >= 0.6 is 11.8 Å². The summed E-state index contributed by atoms with van der Waals surface area (Å²) in [6, 6.07) is 6.50. The average molecular weight is 265 g/mol. The highest BCUT2D eigenvalue weighted by Crippen LogP contribution is 2.26. The van der Waals surface area contributed by atoms with Crippen LogP contribution in [0, 0.1) is 21.4 Å². The summed E-state index contributed by atoms with van der Waals surface area (Å²) in [6.07, 6.45) is 0. The molecule has 0 aromatic heterocycles. The normalized spacial score (nSPS) is 11.6. The molecule has 96 valence electrons. The molecule has 0 spiro atoms. The van der Waals surface area contributed by atoms with E-state index in [9.17, 15) is 10.1 Å². The zero-order valence-electron chi connectivity index (χ0n) is 10.3. The van der Waals surface area contributed by atoms with Crippen molar-refractivity contribution in [2.24, 2.45) is 0 Å². The quantitative estimate of drug-likeness (QED) is 0.631. The molecule has 0 fully saturated rings. The van der Waals surface area contributed by atoms with Gasteiger partial charge in [0.05, 0.1) is 16.6 Å². The van der Waals surface area contributed by atoms with Crippen LogP contribution in [0.2, 0.25) is 0 Å². The molecular formula is C12H15N3O2S. The number of hydrogen-bond donors (Lipinski definition) is 1. The number of nitro benzene ring substituents is 1. The molecule has 0 heterocycles. The van der Waals surface area contributed by atoms with E-state index in [1.807, 2.05) is 13.0 Å². The third-order valence-corrected chi connectivity index (χ3v) is 3.44. The van der Waals surface area contributed by atoms with E-state index in [-0.39, 0.29) is 11.7 Å². The van der Waals surface area contributed by atoms with Crippen molar-refractivity contribution in [1.29, 1.82) is 5.26 Å². The second kappa shape index (κ2) is 6.87. The minimum atomic E-state index is -0.469. The van der Waals surface area contributed by atoms with Crippen molar-refractivity contribution in [3.05, 3.63) is 33.9 Å². The van der Waals surface area contributed by atoms with Crippen molar-refractivity contribution in [2.45, 2.75) is 19.9 Å². The third-order valence-electron chi connectivity index (χ3n) is 2.30. The molecule has 6 heteroatoms. The molecule has 0 aliphatic carbocycles.